The van der Waals surface area contributed by atoms with Gasteiger partial charge in [0.2, 0.25) is 5.91 Å². The van der Waals surface area contributed by atoms with Crippen molar-refractivity contribution >= 4 is 16.8 Å². The number of carbonyl (C=O) groups is 1. The molecule has 1 amide bonds. The summed E-state index contributed by atoms with van der Waals surface area (Å²) in [5.41, 5.74) is 5.92. The molecule has 0 spiro atoms. The fourth-order valence-electron chi connectivity index (χ4n) is 4.37. The molecule has 3 heterocycles. The molecule has 1 N–H and O–H groups in total. The predicted molar refractivity (Wildman–Crippen MR) is 108 cm³/mol. The van der Waals surface area contributed by atoms with Crippen molar-refractivity contribution in [2.24, 2.45) is 5.92 Å². The van der Waals surface area contributed by atoms with E-state index in [1.165, 1.54) is 22.0 Å². The number of aryl methyl sites for hydroxylation is 3. The van der Waals surface area contributed by atoms with E-state index in [2.05, 4.69) is 43.0 Å². The van der Waals surface area contributed by atoms with E-state index in [4.69, 9.17) is 0 Å². The Balaban J connectivity index is 1.43. The summed E-state index contributed by atoms with van der Waals surface area (Å²) in [6.07, 6.45) is 6.43. The summed E-state index contributed by atoms with van der Waals surface area (Å²) >= 11 is 0. The molecule has 142 valence electrons. The van der Waals surface area contributed by atoms with Crippen LogP contribution in [-0.2, 0) is 17.8 Å². The average Bonchev–Trinajstić information content (AvgIpc) is 3.25. The van der Waals surface area contributed by atoms with Crippen LogP contribution in [-0.4, -0.2) is 38.7 Å². The zero-order valence-corrected chi connectivity index (χ0v) is 16.5. The minimum absolute atomic E-state index is 0.246. The van der Waals surface area contributed by atoms with Crippen molar-refractivity contribution in [1.82, 2.24) is 19.7 Å². The van der Waals surface area contributed by atoms with Crippen LogP contribution in [0.3, 0.4) is 0 Å². The molecule has 0 aliphatic carbocycles. The molecule has 3 aromatic rings. The smallest absolute Gasteiger partial charge is 0.227 e. The van der Waals surface area contributed by atoms with E-state index in [0.29, 0.717) is 12.3 Å². The molecule has 5 nitrogen and oxygen atoms in total. The van der Waals surface area contributed by atoms with Crippen LogP contribution < -0.4 is 0 Å². The Morgan fingerprint density at radius 3 is 2.70 bits per heavy atom. The van der Waals surface area contributed by atoms with E-state index in [-0.39, 0.29) is 5.91 Å². The van der Waals surface area contributed by atoms with Gasteiger partial charge in [0.05, 0.1) is 6.42 Å². The number of nitrogens with zero attached hydrogens (tertiary/aromatic N) is 3. The van der Waals surface area contributed by atoms with Crippen molar-refractivity contribution in [3.05, 3.63) is 53.0 Å². The van der Waals surface area contributed by atoms with Crippen LogP contribution in [0.5, 0.6) is 0 Å². The fraction of sp³-hybridized carbons (Fsp3) is 0.455. The van der Waals surface area contributed by atoms with Gasteiger partial charge in [0.25, 0.3) is 0 Å². The molecule has 1 saturated heterocycles. The monoisotopic (exact) mass is 364 g/mol. The van der Waals surface area contributed by atoms with Crippen LogP contribution >= 0.6 is 0 Å². The summed E-state index contributed by atoms with van der Waals surface area (Å²) in [5, 5.41) is 5.50. The summed E-state index contributed by atoms with van der Waals surface area (Å²) in [4.78, 5) is 18.5. The van der Waals surface area contributed by atoms with Gasteiger partial charge in [-0.1, -0.05) is 11.6 Å². The Labute approximate surface area is 160 Å². The number of aromatic amines is 1. The lowest BCUT2D eigenvalue weighted by molar-refractivity contribution is -0.131. The maximum atomic E-state index is 12.9. The number of aromatic nitrogens is 3. The molecular weight excluding hydrogens is 336 g/mol. The lowest BCUT2D eigenvalue weighted by Crippen LogP contribution is -2.40. The number of hydrogen-bond acceptors (Lipinski definition) is 2. The van der Waals surface area contributed by atoms with Gasteiger partial charge < -0.3 is 9.88 Å². The zero-order chi connectivity index (χ0) is 19.0. The number of piperidine rings is 1. The second kappa shape index (κ2) is 7.22. The number of benzene rings is 1. The molecular formula is C22H28N4O. The Morgan fingerprint density at radius 2 is 2.00 bits per heavy atom. The molecule has 1 aliphatic heterocycles. The van der Waals surface area contributed by atoms with Crippen LogP contribution in [0.15, 0.2) is 30.6 Å². The summed E-state index contributed by atoms with van der Waals surface area (Å²) < 4.78 is 2.00. The summed E-state index contributed by atoms with van der Waals surface area (Å²) in [7, 11) is 0. The van der Waals surface area contributed by atoms with E-state index in [1.54, 1.807) is 0 Å². The van der Waals surface area contributed by atoms with Crippen LogP contribution in [0.2, 0.25) is 0 Å². The Kier molecular flexibility index (Phi) is 4.77. The molecule has 0 saturated carbocycles. The molecule has 5 heteroatoms. The first kappa shape index (κ1) is 17.8. The maximum absolute atomic E-state index is 12.9. The van der Waals surface area contributed by atoms with Crippen molar-refractivity contribution in [1.29, 1.82) is 0 Å². The van der Waals surface area contributed by atoms with Crippen LogP contribution in [0.4, 0.5) is 0 Å². The Hall–Kier alpha value is -2.56. The van der Waals surface area contributed by atoms with Crippen molar-refractivity contribution in [3.63, 3.8) is 0 Å². The second-order valence-corrected chi connectivity index (χ2v) is 7.96. The topological polar surface area (TPSA) is 53.9 Å². The van der Waals surface area contributed by atoms with E-state index in [0.717, 1.165) is 43.7 Å². The van der Waals surface area contributed by atoms with Gasteiger partial charge in [-0.3, -0.25) is 9.48 Å². The van der Waals surface area contributed by atoms with E-state index >= 15 is 0 Å². The number of likely N-dealkylation sites (tertiary alicyclic amines) is 1. The van der Waals surface area contributed by atoms with Crippen molar-refractivity contribution in [3.8, 4) is 0 Å². The zero-order valence-electron chi connectivity index (χ0n) is 16.5. The molecule has 0 atom stereocenters. The SMILES string of the molecule is Cc1cc(C)c2[nH]c(C)c(CC(=O)N3CCC(Cn4cccn4)CC3)c2c1. The summed E-state index contributed by atoms with van der Waals surface area (Å²) in [6.45, 7) is 8.98. The van der Waals surface area contributed by atoms with Gasteiger partial charge in [-0.25, -0.2) is 0 Å². The van der Waals surface area contributed by atoms with Crippen molar-refractivity contribution in [2.45, 2.75) is 46.6 Å². The predicted octanol–water partition coefficient (Wildman–Crippen LogP) is 3.77. The van der Waals surface area contributed by atoms with Gasteiger partial charge in [-0.2, -0.15) is 5.10 Å². The molecule has 27 heavy (non-hydrogen) atoms. The minimum atomic E-state index is 0.246. The standard InChI is InChI=1S/C22H28N4O/c1-15-11-16(2)22-20(12-15)19(17(3)24-22)13-21(27)25-9-5-18(6-10-25)14-26-8-4-7-23-26/h4,7-8,11-12,18,24H,5-6,9-10,13-14H2,1-3H3. The van der Waals surface area contributed by atoms with E-state index < -0.39 is 0 Å². The van der Waals surface area contributed by atoms with Gasteiger partial charge in [0, 0.05) is 48.6 Å². The largest absolute Gasteiger partial charge is 0.358 e. The molecule has 0 bridgehead atoms. The first-order valence-corrected chi connectivity index (χ1v) is 9.85. The number of fused-ring (bicyclic) bond motifs is 1. The second-order valence-electron chi connectivity index (χ2n) is 7.96. The maximum Gasteiger partial charge on any atom is 0.227 e. The molecule has 2 aromatic heterocycles. The number of amides is 1. The number of carbonyl (C=O) groups excluding carboxylic acids is 1. The quantitative estimate of drug-likeness (QED) is 0.766. The van der Waals surface area contributed by atoms with Gasteiger partial charge in [-0.15, -0.1) is 0 Å². The van der Waals surface area contributed by atoms with Crippen LogP contribution in [0.1, 0.15) is 35.2 Å². The third-order valence-corrected chi connectivity index (χ3v) is 5.87. The number of H-pyrrole nitrogens is 1. The van der Waals surface area contributed by atoms with Gasteiger partial charge in [0.1, 0.15) is 0 Å². The highest BCUT2D eigenvalue weighted by molar-refractivity contribution is 5.92. The first-order chi connectivity index (χ1) is 13.0. The van der Waals surface area contributed by atoms with Crippen LogP contribution in [0, 0.1) is 26.7 Å². The van der Waals surface area contributed by atoms with E-state index in [1.807, 2.05) is 28.0 Å². The average molecular weight is 364 g/mol. The van der Waals surface area contributed by atoms with Crippen molar-refractivity contribution in [2.75, 3.05) is 13.1 Å². The highest BCUT2D eigenvalue weighted by Crippen LogP contribution is 2.28. The minimum Gasteiger partial charge on any atom is -0.358 e. The third-order valence-electron chi connectivity index (χ3n) is 5.87. The first-order valence-electron chi connectivity index (χ1n) is 9.85. The summed E-state index contributed by atoms with van der Waals surface area (Å²) in [5.74, 6) is 0.852. The molecule has 1 aliphatic rings. The van der Waals surface area contributed by atoms with E-state index in [9.17, 15) is 4.79 Å². The summed E-state index contributed by atoms with van der Waals surface area (Å²) in [6, 6.07) is 6.35. The molecule has 1 aromatic carbocycles. The van der Waals surface area contributed by atoms with Crippen LogP contribution in [0.25, 0.3) is 10.9 Å². The number of hydrogen-bond donors (Lipinski definition) is 1. The molecule has 1 fully saturated rings. The lowest BCUT2D eigenvalue weighted by Gasteiger charge is -2.32. The lowest BCUT2D eigenvalue weighted by atomic mass is 9.96. The normalized spacial score (nSPS) is 15.6. The Bertz CT molecular complexity index is 947. The highest BCUT2D eigenvalue weighted by Gasteiger charge is 2.24. The van der Waals surface area contributed by atoms with Crippen molar-refractivity contribution < 1.29 is 4.79 Å². The molecule has 0 radical (unpaired) electrons. The van der Waals surface area contributed by atoms with Gasteiger partial charge in [0.15, 0.2) is 0 Å². The number of nitrogens with one attached hydrogen (secondary N) is 1. The molecule has 0 unspecified atom stereocenters. The van der Waals surface area contributed by atoms with Gasteiger partial charge in [-0.05, 0) is 62.8 Å². The highest BCUT2D eigenvalue weighted by atomic mass is 16.2. The van der Waals surface area contributed by atoms with Gasteiger partial charge >= 0.3 is 0 Å². The fourth-order valence-corrected chi connectivity index (χ4v) is 4.37. The number of rotatable bonds is 4. The molecule has 4 rings (SSSR count). The third kappa shape index (κ3) is 3.64. The Morgan fingerprint density at radius 1 is 1.22 bits per heavy atom.